The minimum Gasteiger partial charge on any atom is -0.346 e. The van der Waals surface area contributed by atoms with Crippen LogP contribution in [0.2, 0.25) is 0 Å². The molecular formula is C24H26FN7O3S. The Hall–Kier alpha value is -3.51. The van der Waals surface area contributed by atoms with Gasteiger partial charge in [0.15, 0.2) is 0 Å². The second-order valence-corrected chi connectivity index (χ2v) is 11.4. The minimum atomic E-state index is -3.83. The van der Waals surface area contributed by atoms with Crippen molar-refractivity contribution in [2.24, 2.45) is 7.05 Å². The van der Waals surface area contributed by atoms with Crippen molar-refractivity contribution in [3.8, 4) is 0 Å². The van der Waals surface area contributed by atoms with E-state index in [9.17, 15) is 17.6 Å². The highest BCUT2D eigenvalue weighted by molar-refractivity contribution is 7.89. The Morgan fingerprint density at radius 1 is 1.31 bits per heavy atom. The molecule has 4 heterocycles. The standard InChI is InChI=1S/C24H26FN7O3S/c1-14-22(36(34,35)31-8-7-19-15(12-31)10-28-29-19)9-21(30(14)2)24(33)26-11-17-18(25)5-6-20-23(17)32(13-27-20)16-3-4-16/h5-6,9-10,13,16H,3-4,7-8,11-12H2,1-2H3,(H,26,33)(H,28,29). The van der Waals surface area contributed by atoms with Gasteiger partial charge in [-0.2, -0.15) is 9.40 Å². The number of halogens is 1. The molecule has 6 rings (SSSR count). The summed E-state index contributed by atoms with van der Waals surface area (Å²) in [4.78, 5) is 17.6. The number of hydrogen-bond acceptors (Lipinski definition) is 5. The fourth-order valence-electron chi connectivity index (χ4n) is 4.92. The lowest BCUT2D eigenvalue weighted by molar-refractivity contribution is 0.0942. The highest BCUT2D eigenvalue weighted by Gasteiger charge is 2.33. The van der Waals surface area contributed by atoms with Gasteiger partial charge in [0, 0.05) is 61.7 Å². The molecule has 2 N–H and O–H groups in total. The highest BCUT2D eigenvalue weighted by Crippen LogP contribution is 2.38. The van der Waals surface area contributed by atoms with Crippen LogP contribution in [0.4, 0.5) is 4.39 Å². The van der Waals surface area contributed by atoms with Crippen LogP contribution in [0.1, 0.15) is 51.9 Å². The molecule has 1 fully saturated rings. The van der Waals surface area contributed by atoms with Crippen molar-refractivity contribution in [3.63, 3.8) is 0 Å². The maximum absolute atomic E-state index is 14.8. The fourth-order valence-corrected chi connectivity index (χ4v) is 6.61. The van der Waals surface area contributed by atoms with E-state index in [0.29, 0.717) is 41.3 Å². The Morgan fingerprint density at radius 2 is 2.11 bits per heavy atom. The number of imidazole rings is 1. The van der Waals surface area contributed by atoms with Crippen LogP contribution in [-0.4, -0.2) is 49.5 Å². The molecule has 0 spiro atoms. The van der Waals surface area contributed by atoms with E-state index in [-0.39, 0.29) is 23.7 Å². The molecule has 1 amide bonds. The van der Waals surface area contributed by atoms with Crippen LogP contribution >= 0.6 is 0 Å². The number of carbonyl (C=O) groups is 1. The first-order valence-electron chi connectivity index (χ1n) is 11.9. The largest absolute Gasteiger partial charge is 0.346 e. The zero-order chi connectivity index (χ0) is 25.2. The van der Waals surface area contributed by atoms with Crippen LogP contribution in [0.15, 0.2) is 35.6 Å². The van der Waals surface area contributed by atoms with Gasteiger partial charge < -0.3 is 14.5 Å². The number of benzene rings is 1. The van der Waals surface area contributed by atoms with Gasteiger partial charge in [-0.1, -0.05) is 0 Å². The Balaban J connectivity index is 1.26. The lowest BCUT2D eigenvalue weighted by Crippen LogP contribution is -2.35. The molecule has 188 valence electrons. The number of amides is 1. The van der Waals surface area contributed by atoms with Crippen LogP contribution in [0.5, 0.6) is 0 Å². The first-order chi connectivity index (χ1) is 17.3. The van der Waals surface area contributed by atoms with Crippen molar-refractivity contribution < 1.29 is 17.6 Å². The third-order valence-electron chi connectivity index (χ3n) is 7.25. The lowest BCUT2D eigenvalue weighted by Gasteiger charge is -2.25. The SMILES string of the molecule is Cc1c(S(=O)(=O)N2CCc3[nH]ncc3C2)cc(C(=O)NCc2c(F)ccc3ncn(C4CC4)c23)n1C. The van der Waals surface area contributed by atoms with Crippen molar-refractivity contribution in [3.05, 3.63) is 64.7 Å². The molecule has 0 bridgehead atoms. The molecule has 3 aromatic heterocycles. The quantitative estimate of drug-likeness (QED) is 0.413. The number of aromatic nitrogens is 5. The molecule has 1 saturated carbocycles. The number of fused-ring (bicyclic) bond motifs is 2. The van der Waals surface area contributed by atoms with Crippen molar-refractivity contribution in [1.82, 2.24) is 33.9 Å². The molecule has 0 radical (unpaired) electrons. The molecule has 0 atom stereocenters. The van der Waals surface area contributed by atoms with Gasteiger partial charge >= 0.3 is 0 Å². The molecule has 1 aliphatic carbocycles. The van der Waals surface area contributed by atoms with E-state index in [1.807, 2.05) is 4.57 Å². The summed E-state index contributed by atoms with van der Waals surface area (Å²) in [6.07, 6.45) is 5.95. The molecule has 1 aromatic carbocycles. The minimum absolute atomic E-state index is 0.0396. The second-order valence-electron chi connectivity index (χ2n) is 9.46. The topological polar surface area (TPSA) is 118 Å². The summed E-state index contributed by atoms with van der Waals surface area (Å²) in [5.74, 6) is -0.896. The van der Waals surface area contributed by atoms with Gasteiger partial charge in [-0.05, 0) is 38.0 Å². The normalized spacial score (nSPS) is 16.4. The van der Waals surface area contributed by atoms with Crippen molar-refractivity contribution in [1.29, 1.82) is 0 Å². The van der Waals surface area contributed by atoms with Gasteiger partial charge in [0.1, 0.15) is 16.4 Å². The Kier molecular flexibility index (Phi) is 5.27. The number of carbonyl (C=O) groups excluding carboxylic acids is 1. The Morgan fingerprint density at radius 3 is 2.89 bits per heavy atom. The average Bonchev–Trinajstić information content (AvgIpc) is 3.30. The first kappa shape index (κ1) is 22.9. The van der Waals surface area contributed by atoms with Gasteiger partial charge in [0.2, 0.25) is 10.0 Å². The van der Waals surface area contributed by atoms with E-state index >= 15 is 0 Å². The molecule has 2 aliphatic rings. The van der Waals surface area contributed by atoms with E-state index in [0.717, 1.165) is 24.1 Å². The molecule has 10 nitrogen and oxygen atoms in total. The molecule has 0 saturated heterocycles. The number of rotatable bonds is 6. The predicted molar refractivity (Wildman–Crippen MR) is 129 cm³/mol. The molecule has 0 unspecified atom stereocenters. The van der Waals surface area contributed by atoms with Crippen LogP contribution in [0.25, 0.3) is 11.0 Å². The lowest BCUT2D eigenvalue weighted by atomic mass is 10.1. The number of aromatic amines is 1. The summed E-state index contributed by atoms with van der Waals surface area (Å²) in [7, 11) is -2.18. The van der Waals surface area contributed by atoms with Gasteiger partial charge in [0.05, 0.1) is 23.6 Å². The Labute approximate surface area is 207 Å². The maximum Gasteiger partial charge on any atom is 0.268 e. The smallest absolute Gasteiger partial charge is 0.268 e. The van der Waals surface area contributed by atoms with E-state index in [1.54, 1.807) is 37.1 Å². The molecular weight excluding hydrogens is 485 g/mol. The molecule has 4 aromatic rings. The number of nitrogens with zero attached hydrogens (tertiary/aromatic N) is 5. The van der Waals surface area contributed by atoms with Crippen molar-refractivity contribution >= 4 is 27.0 Å². The zero-order valence-corrected chi connectivity index (χ0v) is 20.8. The summed E-state index contributed by atoms with van der Waals surface area (Å²) in [5.41, 5.74) is 4.17. The van der Waals surface area contributed by atoms with E-state index in [2.05, 4.69) is 20.5 Å². The van der Waals surface area contributed by atoms with Gasteiger partial charge in [-0.3, -0.25) is 9.89 Å². The first-order valence-corrected chi connectivity index (χ1v) is 13.3. The number of nitrogens with one attached hydrogen (secondary N) is 2. The summed E-state index contributed by atoms with van der Waals surface area (Å²) in [6.45, 7) is 2.18. The number of hydrogen-bond donors (Lipinski definition) is 2. The molecule has 36 heavy (non-hydrogen) atoms. The van der Waals surface area contributed by atoms with E-state index < -0.39 is 21.7 Å². The molecule has 12 heteroatoms. The summed E-state index contributed by atoms with van der Waals surface area (Å²) in [5, 5.41) is 9.69. The summed E-state index contributed by atoms with van der Waals surface area (Å²) >= 11 is 0. The number of H-pyrrole nitrogens is 1. The Bertz CT molecular complexity index is 1610. The van der Waals surface area contributed by atoms with Crippen LogP contribution in [0, 0.1) is 12.7 Å². The summed E-state index contributed by atoms with van der Waals surface area (Å²) < 4.78 is 46.7. The van der Waals surface area contributed by atoms with Crippen LogP contribution in [-0.2, 0) is 36.6 Å². The molecule has 1 aliphatic heterocycles. The average molecular weight is 512 g/mol. The fraction of sp³-hybridized carbons (Fsp3) is 0.375. The number of sulfonamides is 1. The van der Waals surface area contributed by atoms with Crippen LogP contribution < -0.4 is 5.32 Å². The predicted octanol–water partition coefficient (Wildman–Crippen LogP) is 2.56. The van der Waals surface area contributed by atoms with Crippen LogP contribution in [0.3, 0.4) is 0 Å². The summed E-state index contributed by atoms with van der Waals surface area (Å²) in [6, 6.07) is 4.70. The van der Waals surface area contributed by atoms with Crippen molar-refractivity contribution in [2.45, 2.75) is 50.2 Å². The second kappa shape index (κ2) is 8.27. The highest BCUT2D eigenvalue weighted by atomic mass is 32.2. The maximum atomic E-state index is 14.8. The van der Waals surface area contributed by atoms with Gasteiger partial charge in [0.25, 0.3) is 5.91 Å². The monoisotopic (exact) mass is 511 g/mol. The third kappa shape index (κ3) is 3.63. The van der Waals surface area contributed by atoms with E-state index in [4.69, 9.17) is 0 Å². The zero-order valence-electron chi connectivity index (χ0n) is 20.0. The third-order valence-corrected chi connectivity index (χ3v) is 9.22. The van der Waals surface area contributed by atoms with Gasteiger partial charge in [-0.25, -0.2) is 17.8 Å². The van der Waals surface area contributed by atoms with Gasteiger partial charge in [-0.15, -0.1) is 0 Å². The van der Waals surface area contributed by atoms with E-state index in [1.165, 1.54) is 16.4 Å². The van der Waals surface area contributed by atoms with Crippen molar-refractivity contribution in [2.75, 3.05) is 6.54 Å².